The molecule has 24 heavy (non-hydrogen) atoms. The number of benzene rings is 1. The van der Waals surface area contributed by atoms with Crippen molar-refractivity contribution in [2.45, 2.75) is 25.8 Å². The van der Waals surface area contributed by atoms with Gasteiger partial charge in [-0.1, -0.05) is 19.1 Å². The smallest absolute Gasteiger partial charge is 0.225 e. The van der Waals surface area contributed by atoms with E-state index in [1.165, 1.54) is 0 Å². The summed E-state index contributed by atoms with van der Waals surface area (Å²) in [6, 6.07) is 7.34. The number of hydrogen-bond donors (Lipinski definition) is 2. The molecule has 2 amide bonds. The van der Waals surface area contributed by atoms with Crippen molar-refractivity contribution in [3.63, 3.8) is 0 Å². The Morgan fingerprint density at radius 3 is 2.62 bits per heavy atom. The van der Waals surface area contributed by atoms with E-state index in [9.17, 15) is 9.59 Å². The molecule has 2 unspecified atom stereocenters. The number of carbonyl (C=O) groups excluding carboxylic acids is 2. The van der Waals surface area contributed by atoms with Gasteiger partial charge < -0.3 is 20.3 Å². The summed E-state index contributed by atoms with van der Waals surface area (Å²) in [5, 5.41) is 6.17. The van der Waals surface area contributed by atoms with E-state index in [4.69, 9.17) is 4.74 Å². The average molecular weight is 333 g/mol. The molecule has 6 heteroatoms. The Kier molecular flexibility index (Phi) is 6.61. The van der Waals surface area contributed by atoms with Gasteiger partial charge in [-0.15, -0.1) is 0 Å². The first-order valence-corrected chi connectivity index (χ1v) is 8.46. The fraction of sp³-hybridized carbons (Fsp3) is 0.556. The molecule has 1 aromatic rings. The Morgan fingerprint density at radius 2 is 2.00 bits per heavy atom. The molecule has 1 heterocycles. The molecule has 1 aliphatic heterocycles. The topological polar surface area (TPSA) is 70.7 Å². The first-order chi connectivity index (χ1) is 11.6. The van der Waals surface area contributed by atoms with Crippen molar-refractivity contribution in [3.05, 3.63) is 29.8 Å². The molecular weight excluding hydrogens is 306 g/mol. The number of methoxy groups -OCH3 is 1. The van der Waals surface area contributed by atoms with Crippen LogP contribution in [-0.2, 0) is 9.59 Å². The minimum Gasteiger partial charge on any atom is -0.497 e. The molecule has 1 fully saturated rings. The van der Waals surface area contributed by atoms with E-state index in [2.05, 4.69) is 10.6 Å². The number of amides is 2. The highest BCUT2D eigenvalue weighted by Crippen LogP contribution is 2.36. The molecule has 2 atom stereocenters. The Labute approximate surface area is 143 Å². The number of rotatable bonds is 7. The first-order valence-electron chi connectivity index (χ1n) is 8.46. The number of ether oxygens (including phenoxy) is 1. The molecule has 0 aromatic heterocycles. The molecular formula is C18H27N3O3. The number of hydrogen-bond acceptors (Lipinski definition) is 4. The monoisotopic (exact) mass is 333 g/mol. The van der Waals surface area contributed by atoms with E-state index in [-0.39, 0.29) is 23.8 Å². The largest absolute Gasteiger partial charge is 0.497 e. The number of carbonyl (C=O) groups is 2. The molecule has 0 saturated carbocycles. The quantitative estimate of drug-likeness (QED) is 0.739. The van der Waals surface area contributed by atoms with Crippen LogP contribution in [0.1, 0.15) is 31.4 Å². The summed E-state index contributed by atoms with van der Waals surface area (Å²) in [7, 11) is 3.39. The zero-order valence-electron chi connectivity index (χ0n) is 14.7. The van der Waals surface area contributed by atoms with Crippen LogP contribution in [0, 0.1) is 5.92 Å². The second-order valence-electron chi connectivity index (χ2n) is 6.01. The van der Waals surface area contributed by atoms with Gasteiger partial charge in [-0.2, -0.15) is 0 Å². The van der Waals surface area contributed by atoms with Crippen LogP contribution in [0.25, 0.3) is 0 Å². The maximum absolute atomic E-state index is 12.6. The van der Waals surface area contributed by atoms with Gasteiger partial charge in [0.2, 0.25) is 11.8 Å². The minimum atomic E-state index is -0.240. The van der Waals surface area contributed by atoms with Crippen LogP contribution in [-0.4, -0.2) is 50.5 Å². The van der Waals surface area contributed by atoms with Crippen molar-refractivity contribution in [1.29, 1.82) is 0 Å². The molecule has 0 radical (unpaired) electrons. The summed E-state index contributed by atoms with van der Waals surface area (Å²) in [6.07, 6.45) is 0.987. The Balaban J connectivity index is 2.14. The van der Waals surface area contributed by atoms with Gasteiger partial charge in [0.25, 0.3) is 0 Å². The number of nitrogens with zero attached hydrogens (tertiary/aromatic N) is 1. The fourth-order valence-corrected chi connectivity index (χ4v) is 3.15. The van der Waals surface area contributed by atoms with E-state index in [0.717, 1.165) is 24.4 Å². The standard InChI is InChI=1S/C18H27N3O3/c1-4-19-11-12-20-18(23)15-9-10-16(22)21(2)17(15)13-5-7-14(24-3)8-6-13/h5-8,15,17,19H,4,9-12H2,1-3H3,(H,20,23). The molecule has 0 aliphatic carbocycles. The van der Waals surface area contributed by atoms with Gasteiger partial charge in [-0.3, -0.25) is 9.59 Å². The third kappa shape index (κ3) is 4.26. The fourth-order valence-electron chi connectivity index (χ4n) is 3.15. The van der Waals surface area contributed by atoms with Gasteiger partial charge in [0.05, 0.1) is 19.1 Å². The highest BCUT2D eigenvalue weighted by Gasteiger charge is 2.38. The minimum absolute atomic E-state index is 0.00747. The van der Waals surface area contributed by atoms with Crippen LogP contribution in [0.15, 0.2) is 24.3 Å². The van der Waals surface area contributed by atoms with E-state index in [0.29, 0.717) is 19.4 Å². The molecule has 0 spiro atoms. The lowest BCUT2D eigenvalue weighted by atomic mass is 9.84. The van der Waals surface area contributed by atoms with Crippen LogP contribution < -0.4 is 15.4 Å². The number of likely N-dealkylation sites (N-methyl/N-ethyl adjacent to an activating group) is 1. The van der Waals surface area contributed by atoms with Gasteiger partial charge in [-0.05, 0) is 30.7 Å². The molecule has 2 N–H and O–H groups in total. The van der Waals surface area contributed by atoms with Crippen molar-refractivity contribution in [2.75, 3.05) is 33.8 Å². The zero-order chi connectivity index (χ0) is 17.5. The van der Waals surface area contributed by atoms with E-state index in [1.54, 1.807) is 19.1 Å². The normalized spacial score (nSPS) is 20.8. The second-order valence-corrected chi connectivity index (χ2v) is 6.01. The van der Waals surface area contributed by atoms with Crippen molar-refractivity contribution < 1.29 is 14.3 Å². The summed E-state index contributed by atoms with van der Waals surface area (Å²) in [5.41, 5.74) is 0.957. The maximum Gasteiger partial charge on any atom is 0.225 e. The SMILES string of the molecule is CCNCCNC(=O)C1CCC(=O)N(C)C1c1ccc(OC)cc1. The average Bonchev–Trinajstić information content (AvgIpc) is 2.61. The predicted octanol–water partition coefficient (Wildman–Crippen LogP) is 1.33. The van der Waals surface area contributed by atoms with Crippen LogP contribution in [0.4, 0.5) is 0 Å². The zero-order valence-corrected chi connectivity index (χ0v) is 14.7. The van der Waals surface area contributed by atoms with Crippen molar-refractivity contribution in [3.8, 4) is 5.75 Å². The third-order valence-corrected chi connectivity index (χ3v) is 4.51. The second kappa shape index (κ2) is 8.68. The molecule has 132 valence electrons. The highest BCUT2D eigenvalue weighted by atomic mass is 16.5. The number of piperidine rings is 1. The lowest BCUT2D eigenvalue weighted by Gasteiger charge is -2.38. The Hall–Kier alpha value is -2.08. The molecule has 2 rings (SSSR count). The molecule has 6 nitrogen and oxygen atoms in total. The Morgan fingerprint density at radius 1 is 1.29 bits per heavy atom. The van der Waals surface area contributed by atoms with E-state index < -0.39 is 0 Å². The lowest BCUT2D eigenvalue weighted by Crippen LogP contribution is -2.47. The Bertz CT molecular complexity index is 559. The maximum atomic E-state index is 12.6. The van der Waals surface area contributed by atoms with Gasteiger partial charge in [0.1, 0.15) is 5.75 Å². The highest BCUT2D eigenvalue weighted by molar-refractivity contribution is 5.84. The van der Waals surface area contributed by atoms with Gasteiger partial charge in [0, 0.05) is 26.6 Å². The van der Waals surface area contributed by atoms with Crippen LogP contribution in [0.3, 0.4) is 0 Å². The van der Waals surface area contributed by atoms with Gasteiger partial charge in [0.15, 0.2) is 0 Å². The van der Waals surface area contributed by atoms with Gasteiger partial charge >= 0.3 is 0 Å². The van der Waals surface area contributed by atoms with Crippen molar-refractivity contribution in [1.82, 2.24) is 15.5 Å². The summed E-state index contributed by atoms with van der Waals surface area (Å²) in [4.78, 5) is 26.4. The lowest BCUT2D eigenvalue weighted by molar-refractivity contribution is -0.141. The third-order valence-electron chi connectivity index (χ3n) is 4.51. The number of nitrogens with one attached hydrogen (secondary N) is 2. The number of likely N-dealkylation sites (tertiary alicyclic amines) is 1. The first kappa shape index (κ1) is 18.3. The van der Waals surface area contributed by atoms with Crippen molar-refractivity contribution in [2.24, 2.45) is 5.92 Å². The summed E-state index contributed by atoms with van der Waals surface area (Å²) in [6.45, 7) is 4.25. The summed E-state index contributed by atoms with van der Waals surface area (Å²) >= 11 is 0. The molecule has 1 saturated heterocycles. The van der Waals surface area contributed by atoms with Crippen LogP contribution in [0.2, 0.25) is 0 Å². The predicted molar refractivity (Wildman–Crippen MR) is 92.8 cm³/mol. The summed E-state index contributed by atoms with van der Waals surface area (Å²) < 4.78 is 5.19. The molecule has 0 bridgehead atoms. The molecule has 1 aromatic carbocycles. The van der Waals surface area contributed by atoms with Gasteiger partial charge in [-0.25, -0.2) is 0 Å². The summed E-state index contributed by atoms with van der Waals surface area (Å²) in [5.74, 6) is 0.610. The molecule has 1 aliphatic rings. The van der Waals surface area contributed by atoms with Crippen molar-refractivity contribution >= 4 is 11.8 Å². The van der Waals surface area contributed by atoms with Crippen LogP contribution >= 0.6 is 0 Å². The van der Waals surface area contributed by atoms with E-state index in [1.807, 2.05) is 31.2 Å². The van der Waals surface area contributed by atoms with Crippen LogP contribution in [0.5, 0.6) is 5.75 Å². The van der Waals surface area contributed by atoms with E-state index >= 15 is 0 Å².